The van der Waals surface area contributed by atoms with Crippen LogP contribution in [0.2, 0.25) is 0 Å². The van der Waals surface area contributed by atoms with Gasteiger partial charge in [-0.1, -0.05) is 24.3 Å². The highest BCUT2D eigenvalue weighted by Gasteiger charge is 2.65. The first-order valence-electron chi connectivity index (χ1n) is 14.8. The number of carboxylic acid groups (broad SMARTS) is 1. The van der Waals surface area contributed by atoms with Gasteiger partial charge in [-0.2, -0.15) is 0 Å². The zero-order valence-electron chi connectivity index (χ0n) is 25.5. The van der Waals surface area contributed by atoms with Crippen LogP contribution >= 0.6 is 0 Å². The number of ether oxygens (including phenoxy) is 3. The number of anilines is 1. The van der Waals surface area contributed by atoms with E-state index in [9.17, 15) is 14.7 Å². The molecule has 1 aliphatic carbocycles. The van der Waals surface area contributed by atoms with Crippen molar-refractivity contribution in [2.75, 3.05) is 31.6 Å². The number of pyridine rings is 1. The molecule has 2 fully saturated rings. The molecule has 9 nitrogen and oxygen atoms in total. The third kappa shape index (κ3) is 5.60. The number of fused-ring (bicyclic) bond motifs is 2. The van der Waals surface area contributed by atoms with Gasteiger partial charge in [-0.25, -0.2) is 9.78 Å². The van der Waals surface area contributed by atoms with Crippen LogP contribution in [0.4, 0.5) is 10.6 Å². The summed E-state index contributed by atoms with van der Waals surface area (Å²) in [6, 6.07) is 16.0. The molecular weight excluding hydrogens is 546 g/mol. The van der Waals surface area contributed by atoms with Gasteiger partial charge in [0.1, 0.15) is 29.5 Å². The molecule has 3 aliphatic rings. The van der Waals surface area contributed by atoms with Gasteiger partial charge in [-0.3, -0.25) is 4.79 Å². The maximum absolute atomic E-state index is 12.7. The van der Waals surface area contributed by atoms with Crippen LogP contribution in [0.1, 0.15) is 49.4 Å². The zero-order valence-corrected chi connectivity index (χ0v) is 25.5. The number of aryl methyl sites for hydroxylation is 1. The average Bonchev–Trinajstić information content (AvgIpc) is 3.55. The molecule has 0 radical (unpaired) electrons. The van der Waals surface area contributed by atoms with Gasteiger partial charge in [0, 0.05) is 30.8 Å². The molecule has 2 aliphatic heterocycles. The Bertz CT molecular complexity index is 1560. The summed E-state index contributed by atoms with van der Waals surface area (Å²) in [6.07, 6.45) is 1.13. The molecule has 1 unspecified atom stereocenters. The van der Waals surface area contributed by atoms with Crippen LogP contribution in [-0.2, 0) is 29.1 Å². The molecule has 3 aromatic rings. The number of para-hydroxylation sites is 1. The van der Waals surface area contributed by atoms with Crippen molar-refractivity contribution in [3.8, 4) is 22.8 Å². The molecule has 9 heteroatoms. The van der Waals surface area contributed by atoms with Crippen molar-refractivity contribution >= 4 is 17.9 Å². The minimum absolute atomic E-state index is 0.197. The lowest BCUT2D eigenvalue weighted by molar-refractivity contribution is -0.143. The quantitative estimate of drug-likeness (QED) is 0.369. The number of piperidine rings is 1. The van der Waals surface area contributed by atoms with E-state index in [2.05, 4.69) is 11.0 Å². The van der Waals surface area contributed by atoms with Crippen LogP contribution in [0, 0.1) is 18.3 Å². The number of amides is 1. The predicted molar refractivity (Wildman–Crippen MR) is 162 cm³/mol. The fourth-order valence-electron chi connectivity index (χ4n) is 6.38. The maximum Gasteiger partial charge on any atom is 0.410 e. The second-order valence-corrected chi connectivity index (χ2v) is 13.0. The molecule has 6 rings (SSSR count). The van der Waals surface area contributed by atoms with E-state index in [4.69, 9.17) is 19.2 Å². The number of carbonyl (C=O) groups excluding carboxylic acids is 1. The van der Waals surface area contributed by atoms with Crippen molar-refractivity contribution in [1.82, 2.24) is 9.88 Å². The summed E-state index contributed by atoms with van der Waals surface area (Å²) >= 11 is 0. The maximum atomic E-state index is 12.7. The Morgan fingerprint density at radius 1 is 1.14 bits per heavy atom. The van der Waals surface area contributed by atoms with Crippen molar-refractivity contribution in [2.24, 2.45) is 11.3 Å². The summed E-state index contributed by atoms with van der Waals surface area (Å²) in [4.78, 5) is 33.3. The predicted octanol–water partition coefficient (Wildman–Crippen LogP) is 5.85. The molecule has 43 heavy (non-hydrogen) atoms. The van der Waals surface area contributed by atoms with Crippen molar-refractivity contribution in [1.29, 1.82) is 0 Å². The summed E-state index contributed by atoms with van der Waals surface area (Å²) in [5.41, 5.74) is 4.61. The first-order valence-corrected chi connectivity index (χ1v) is 14.8. The standard InChI is InChI=1S/C34H39N3O6/c1-21-8-6-9-25(27-10-7-11-29(35-27)37-17-24-16-34(24,20-37)31(38)39)30(21)42-19-22-14-23-12-13-36(32(40)43-33(2,3)4)18-26(23)28(15-22)41-5/h6-11,14-15,24H,12-13,16-20H2,1-5H3,(H,38,39)/t24?,34-/m0/s1. The van der Waals surface area contributed by atoms with Gasteiger partial charge in [0.25, 0.3) is 0 Å². The monoisotopic (exact) mass is 585 g/mol. The second-order valence-electron chi connectivity index (χ2n) is 13.0. The van der Waals surface area contributed by atoms with Crippen molar-refractivity contribution in [3.63, 3.8) is 0 Å². The Hall–Kier alpha value is -4.27. The average molecular weight is 586 g/mol. The SMILES string of the molecule is COc1cc(COc2c(C)cccc2-c2cccc(N3CC4C[C@]4(C(=O)O)C3)n2)cc2c1CN(C(=O)OC(C)(C)C)CC2. The van der Waals surface area contributed by atoms with Gasteiger partial charge in [0.15, 0.2) is 0 Å². The molecule has 1 aromatic heterocycles. The van der Waals surface area contributed by atoms with E-state index < -0.39 is 17.0 Å². The van der Waals surface area contributed by atoms with Gasteiger partial charge >= 0.3 is 12.1 Å². The van der Waals surface area contributed by atoms with E-state index in [1.54, 1.807) is 12.0 Å². The Morgan fingerprint density at radius 3 is 2.65 bits per heavy atom. The molecule has 0 bridgehead atoms. The number of carboxylic acids is 1. The Morgan fingerprint density at radius 2 is 1.93 bits per heavy atom. The largest absolute Gasteiger partial charge is 0.496 e. The lowest BCUT2D eigenvalue weighted by Crippen LogP contribution is -2.40. The normalized spacial score (nSPS) is 20.7. The molecule has 2 aromatic carbocycles. The number of rotatable bonds is 7. The molecular formula is C34H39N3O6. The van der Waals surface area contributed by atoms with Gasteiger partial charge in [0.2, 0.25) is 0 Å². The van der Waals surface area contributed by atoms with Gasteiger partial charge in [0.05, 0.1) is 24.8 Å². The summed E-state index contributed by atoms with van der Waals surface area (Å²) < 4.78 is 17.8. The lowest BCUT2D eigenvalue weighted by Gasteiger charge is -2.32. The second kappa shape index (κ2) is 10.8. The van der Waals surface area contributed by atoms with E-state index >= 15 is 0 Å². The smallest absolute Gasteiger partial charge is 0.410 e. The first kappa shape index (κ1) is 28.8. The molecule has 1 saturated heterocycles. The fourth-order valence-corrected chi connectivity index (χ4v) is 6.38. The van der Waals surface area contributed by atoms with E-state index in [1.165, 1.54) is 0 Å². The van der Waals surface area contributed by atoms with Crippen molar-refractivity contribution in [2.45, 2.75) is 59.3 Å². The topological polar surface area (TPSA) is 101 Å². The molecule has 3 heterocycles. The number of carbonyl (C=O) groups is 2. The van der Waals surface area contributed by atoms with Crippen LogP contribution in [-0.4, -0.2) is 59.4 Å². The molecule has 0 spiro atoms. The van der Waals surface area contributed by atoms with Gasteiger partial charge in [-0.05, 0) is 87.4 Å². The van der Waals surface area contributed by atoms with Crippen LogP contribution < -0.4 is 14.4 Å². The summed E-state index contributed by atoms with van der Waals surface area (Å²) in [5.74, 6) is 1.77. The lowest BCUT2D eigenvalue weighted by atomic mass is 9.96. The number of aromatic nitrogens is 1. The Balaban J connectivity index is 1.20. The van der Waals surface area contributed by atoms with Crippen LogP contribution in [0.3, 0.4) is 0 Å². The van der Waals surface area contributed by atoms with E-state index in [-0.39, 0.29) is 12.0 Å². The summed E-state index contributed by atoms with van der Waals surface area (Å²) in [6.45, 7) is 10.2. The van der Waals surface area contributed by atoms with E-state index in [1.807, 2.05) is 70.2 Å². The summed E-state index contributed by atoms with van der Waals surface area (Å²) in [5, 5.41) is 9.71. The van der Waals surface area contributed by atoms with Crippen molar-refractivity contribution in [3.05, 3.63) is 70.8 Å². The van der Waals surface area contributed by atoms with Crippen LogP contribution in [0.25, 0.3) is 11.3 Å². The molecule has 2 atom stereocenters. The fraction of sp³-hybridized carbons (Fsp3) is 0.441. The van der Waals surface area contributed by atoms with Gasteiger partial charge < -0.3 is 29.1 Å². The third-order valence-corrected chi connectivity index (χ3v) is 8.73. The highest BCUT2D eigenvalue weighted by atomic mass is 16.6. The molecule has 1 amide bonds. The Kier molecular flexibility index (Phi) is 7.22. The van der Waals surface area contributed by atoms with Crippen molar-refractivity contribution < 1.29 is 28.9 Å². The third-order valence-electron chi connectivity index (χ3n) is 8.73. The highest BCUT2D eigenvalue weighted by Crippen LogP contribution is 2.58. The number of benzene rings is 2. The van der Waals surface area contributed by atoms with E-state index in [0.717, 1.165) is 63.8 Å². The summed E-state index contributed by atoms with van der Waals surface area (Å²) in [7, 11) is 1.65. The molecule has 1 N–H and O–H groups in total. The first-order chi connectivity index (χ1) is 20.5. The zero-order chi connectivity index (χ0) is 30.5. The van der Waals surface area contributed by atoms with Crippen LogP contribution in [0.15, 0.2) is 48.5 Å². The minimum atomic E-state index is -0.704. The molecule has 226 valence electrons. The highest BCUT2D eigenvalue weighted by molar-refractivity contribution is 5.81. The number of hydrogen-bond donors (Lipinski definition) is 1. The molecule has 1 saturated carbocycles. The number of methoxy groups -OCH3 is 1. The minimum Gasteiger partial charge on any atom is -0.496 e. The number of hydrogen-bond acceptors (Lipinski definition) is 7. The Labute approximate surface area is 252 Å². The van der Waals surface area contributed by atoms with Gasteiger partial charge in [-0.15, -0.1) is 0 Å². The van der Waals surface area contributed by atoms with E-state index in [0.29, 0.717) is 32.7 Å². The number of aliphatic carboxylic acids is 1. The van der Waals surface area contributed by atoms with Crippen LogP contribution in [0.5, 0.6) is 11.5 Å². The number of nitrogens with zero attached hydrogens (tertiary/aromatic N) is 3.